The van der Waals surface area contributed by atoms with Gasteiger partial charge in [0.15, 0.2) is 5.65 Å². The van der Waals surface area contributed by atoms with Crippen molar-refractivity contribution in [1.82, 2.24) is 34.7 Å². The van der Waals surface area contributed by atoms with Gasteiger partial charge in [0.25, 0.3) is 11.7 Å². The van der Waals surface area contributed by atoms with Crippen LogP contribution in [0.15, 0.2) is 23.2 Å². The Hall–Kier alpha value is -3.16. The van der Waals surface area contributed by atoms with Gasteiger partial charge in [-0.1, -0.05) is 62.3 Å². The predicted molar refractivity (Wildman–Crippen MR) is 165 cm³/mol. The normalized spacial score (nSPS) is 14.2. The first-order valence-corrected chi connectivity index (χ1v) is 14.0. The summed E-state index contributed by atoms with van der Waals surface area (Å²) in [7, 11) is 0. The molecule has 9 heteroatoms. The summed E-state index contributed by atoms with van der Waals surface area (Å²) in [4.78, 5) is 23.7. The van der Waals surface area contributed by atoms with E-state index in [0.29, 0.717) is 17.4 Å². The molecule has 0 atom stereocenters. The Morgan fingerprint density at radius 2 is 1.32 bits per heavy atom. The molecule has 2 aliphatic heterocycles. The third-order valence-electron chi connectivity index (χ3n) is 7.05. The topological polar surface area (TPSA) is 97.5 Å². The summed E-state index contributed by atoms with van der Waals surface area (Å²) < 4.78 is 2.02. The summed E-state index contributed by atoms with van der Waals surface area (Å²) in [6, 6.07) is 6.30. The smallest absolute Gasteiger partial charge is 0.254 e. The van der Waals surface area contributed by atoms with Crippen LogP contribution in [0.2, 0.25) is 0 Å². The molecule has 0 aliphatic carbocycles. The second-order valence-electron chi connectivity index (χ2n) is 14.9. The zero-order valence-electron chi connectivity index (χ0n) is 26.3. The third kappa shape index (κ3) is 5.93. The van der Waals surface area contributed by atoms with Gasteiger partial charge < -0.3 is 4.98 Å². The molecule has 2 aliphatic rings. The van der Waals surface area contributed by atoms with E-state index < -0.39 is 0 Å². The van der Waals surface area contributed by atoms with Crippen molar-refractivity contribution in [2.45, 2.75) is 99.5 Å². The van der Waals surface area contributed by atoms with Crippen LogP contribution in [0.3, 0.4) is 0 Å². The maximum absolute atomic E-state index is 5.13. The van der Waals surface area contributed by atoms with Crippen molar-refractivity contribution >= 4 is 46.3 Å². The van der Waals surface area contributed by atoms with Gasteiger partial charge in [0.05, 0.1) is 22.8 Å². The molecule has 3 aromatic rings. The van der Waals surface area contributed by atoms with Crippen LogP contribution in [0.25, 0.3) is 34.6 Å². The summed E-state index contributed by atoms with van der Waals surface area (Å²) in [6.45, 7) is 26.3. The number of rotatable bonds is 0. The average Bonchev–Trinajstić information content (AvgIpc) is 3.53. The van der Waals surface area contributed by atoms with Crippen molar-refractivity contribution < 1.29 is 17.1 Å². The van der Waals surface area contributed by atoms with E-state index in [0.717, 1.165) is 39.4 Å². The van der Waals surface area contributed by atoms with Crippen molar-refractivity contribution in [3.63, 3.8) is 0 Å². The molecule has 0 aromatic carbocycles. The van der Waals surface area contributed by atoms with E-state index in [9.17, 15) is 0 Å². The van der Waals surface area contributed by atoms with Gasteiger partial charge in [-0.25, -0.2) is 15.0 Å². The first kappa shape index (κ1) is 30.8. The molecule has 0 unspecified atom stereocenters. The fraction of sp³-hybridized carbons (Fsp3) is 0.500. The van der Waals surface area contributed by atoms with Crippen LogP contribution in [-0.2, 0) is 33.4 Å². The zero-order chi connectivity index (χ0) is 29.4. The van der Waals surface area contributed by atoms with Gasteiger partial charge in [-0.05, 0) is 61.4 Å². The minimum Gasteiger partial charge on any atom is -0.355 e. The molecule has 5 heterocycles. The zero-order valence-corrected chi connectivity index (χ0v) is 27.3. The second-order valence-corrected chi connectivity index (χ2v) is 14.9. The van der Waals surface area contributed by atoms with Gasteiger partial charge in [-0.2, -0.15) is 4.98 Å². The minimum atomic E-state index is -0.327. The minimum absolute atomic E-state index is 0. The van der Waals surface area contributed by atoms with Gasteiger partial charge in [0.2, 0.25) is 0 Å². The molecule has 0 amide bonds. The van der Waals surface area contributed by atoms with Crippen molar-refractivity contribution in [3.8, 4) is 0 Å². The molecule has 8 nitrogen and oxygen atoms in total. The average molecular weight is 602 g/mol. The summed E-state index contributed by atoms with van der Waals surface area (Å²) in [5, 5.41) is 8.96. The number of H-pyrrole nitrogens is 1. The Bertz CT molecular complexity index is 1730. The summed E-state index contributed by atoms with van der Waals surface area (Å²) in [6.07, 6.45) is 4.04. The van der Waals surface area contributed by atoms with E-state index in [2.05, 4.69) is 110 Å². The number of nitrogens with one attached hydrogen (secondary N) is 1. The molecule has 0 saturated carbocycles. The van der Waals surface area contributed by atoms with E-state index in [4.69, 9.17) is 19.9 Å². The van der Waals surface area contributed by atoms with Gasteiger partial charge in [-0.15, -0.1) is 10.2 Å². The largest absolute Gasteiger partial charge is 0.355 e. The monoisotopic (exact) mass is 601 g/mol. The molecule has 0 saturated heterocycles. The Kier molecular flexibility index (Phi) is 7.50. The molecule has 1 N–H and O–H groups in total. The van der Waals surface area contributed by atoms with E-state index in [1.807, 2.05) is 22.8 Å². The molecule has 1 radical (unpaired) electrons. The van der Waals surface area contributed by atoms with Crippen LogP contribution in [0.4, 0.5) is 5.95 Å². The fourth-order valence-electron chi connectivity index (χ4n) is 5.30. The van der Waals surface area contributed by atoms with Crippen molar-refractivity contribution in [2.75, 3.05) is 0 Å². The maximum Gasteiger partial charge on any atom is 0.254 e. The van der Waals surface area contributed by atoms with Crippen molar-refractivity contribution in [2.24, 2.45) is 10.4 Å². The van der Waals surface area contributed by atoms with Crippen LogP contribution in [0.5, 0.6) is 0 Å². The SMILES string of the molecule is CC(C)(C)C1=Nc2nc1c(C(C)(C)C)c1[nH]c(cc3nc(cc4nnc(n2)n4C(C)(C)C)C=C3)cc1C(C)(C)C.[Cu]. The fourth-order valence-corrected chi connectivity index (χ4v) is 5.30. The van der Waals surface area contributed by atoms with E-state index in [1.165, 1.54) is 5.56 Å². The van der Waals surface area contributed by atoms with Gasteiger partial charge in [0.1, 0.15) is 0 Å². The molecule has 41 heavy (non-hydrogen) atoms. The Balaban J connectivity index is 0.00000387. The van der Waals surface area contributed by atoms with Crippen LogP contribution in [-0.4, -0.2) is 40.4 Å². The van der Waals surface area contributed by atoms with Crippen molar-refractivity contribution in [3.05, 3.63) is 46.4 Å². The number of nitrogens with zero attached hydrogens (tertiary/aromatic N) is 7. The number of aromatic amines is 1. The van der Waals surface area contributed by atoms with E-state index in [-0.39, 0.29) is 38.9 Å². The van der Waals surface area contributed by atoms with Crippen molar-refractivity contribution in [1.29, 1.82) is 0 Å². The van der Waals surface area contributed by atoms with Crippen LogP contribution < -0.4 is 0 Å². The summed E-state index contributed by atoms with van der Waals surface area (Å²) >= 11 is 0. The first-order chi connectivity index (χ1) is 18.3. The van der Waals surface area contributed by atoms with Crippen LogP contribution in [0, 0.1) is 5.41 Å². The third-order valence-corrected chi connectivity index (χ3v) is 7.05. The standard InChI is InChI=1S/C32H42N8.Cu/c1-29(2,3)21-16-20-15-18-13-14-19(33-18)17-22-38-39-28(40(22)32(10,11)12)37-27-35-25(26(36-27)31(7,8)9)23(24(21)34-20)30(4,5)6;/h13-17,34H,1-12H3;. The van der Waals surface area contributed by atoms with Gasteiger partial charge >= 0.3 is 0 Å². The van der Waals surface area contributed by atoms with Crippen LogP contribution in [0.1, 0.15) is 111 Å². The number of hydrogen-bond donors (Lipinski definition) is 1. The predicted octanol–water partition coefficient (Wildman–Crippen LogP) is 7.66. The van der Waals surface area contributed by atoms with Gasteiger partial charge in [-0.3, -0.25) is 4.57 Å². The molecule has 221 valence electrons. The summed E-state index contributed by atoms with van der Waals surface area (Å²) in [5.41, 5.74) is 7.64. The van der Waals surface area contributed by atoms with Gasteiger partial charge in [0, 0.05) is 50.7 Å². The maximum atomic E-state index is 5.13. The Morgan fingerprint density at radius 3 is 1.88 bits per heavy atom. The molecule has 0 fully saturated rings. The number of fused-ring (bicyclic) bond motifs is 8. The molecular formula is C32H42CuN8. The quantitative estimate of drug-likeness (QED) is 0.209. The molecule has 3 aromatic heterocycles. The Labute approximate surface area is 253 Å². The number of aliphatic imine (C=N–C) groups is 1. The summed E-state index contributed by atoms with van der Waals surface area (Å²) in [5.74, 6) is 0.860. The Morgan fingerprint density at radius 1 is 0.683 bits per heavy atom. The molecular weight excluding hydrogens is 560 g/mol. The molecule has 8 bridgehead atoms. The molecule has 0 spiro atoms. The first-order valence-electron chi connectivity index (χ1n) is 14.0. The van der Waals surface area contributed by atoms with Crippen LogP contribution >= 0.6 is 0 Å². The van der Waals surface area contributed by atoms with E-state index >= 15 is 0 Å². The molecule has 5 rings (SSSR count). The number of aromatic nitrogens is 7. The number of hydrogen-bond acceptors (Lipinski definition) is 6. The van der Waals surface area contributed by atoms with E-state index in [1.54, 1.807) is 0 Å². The second kappa shape index (κ2) is 9.99.